The Kier molecular flexibility index (Phi) is 8.20. The zero-order valence-electron chi connectivity index (χ0n) is 19.3. The minimum absolute atomic E-state index is 0. The van der Waals surface area contributed by atoms with Crippen molar-refractivity contribution < 1.29 is 39.2 Å². The van der Waals surface area contributed by atoms with Crippen LogP contribution in [0.2, 0.25) is 0 Å². The number of fused-ring (bicyclic) bond motifs is 5. The number of Topliss-reactive ketones (excluding diaryl/α,β-unsaturated/α-hetero) is 1. The second-order valence-corrected chi connectivity index (χ2v) is 10.9. The summed E-state index contributed by atoms with van der Waals surface area (Å²) in [6.45, 7) is 3.54. The normalized spacial score (nSPS) is 40.7. The van der Waals surface area contributed by atoms with E-state index in [1.54, 1.807) is 6.08 Å². The third kappa shape index (κ3) is 4.45. The van der Waals surface area contributed by atoms with Gasteiger partial charge >= 0.3 is 41.5 Å². The molecule has 0 spiro atoms. The molecule has 0 bridgehead atoms. The van der Waals surface area contributed by atoms with E-state index in [-0.39, 0.29) is 84.1 Å². The first kappa shape index (κ1) is 27.5. The number of aliphatic hydroxyl groups excluding tert-OH is 2. The molecule has 0 aromatic heterocycles. The van der Waals surface area contributed by atoms with Gasteiger partial charge in [0.15, 0.2) is 11.6 Å². The number of hydrogen-bond acceptors (Lipinski definition) is 7. The summed E-state index contributed by atoms with van der Waals surface area (Å²) in [5.74, 6) is -2.23. The van der Waals surface area contributed by atoms with Gasteiger partial charge < -0.3 is 20.1 Å². The first-order chi connectivity index (χ1) is 15.5. The average molecular weight is 487 g/mol. The van der Waals surface area contributed by atoms with Crippen molar-refractivity contribution in [2.45, 2.75) is 77.4 Å². The molecule has 0 heterocycles. The molecule has 0 aromatic rings. The number of hydrogen-bond donors (Lipinski definition) is 3. The van der Waals surface area contributed by atoms with Gasteiger partial charge in [-0.05, 0) is 55.4 Å². The van der Waals surface area contributed by atoms with Crippen LogP contribution in [-0.2, 0) is 23.9 Å². The molecule has 8 atom stereocenters. The summed E-state index contributed by atoms with van der Waals surface area (Å²) >= 11 is 0. The van der Waals surface area contributed by atoms with E-state index in [2.05, 4.69) is 6.92 Å². The van der Waals surface area contributed by atoms with E-state index in [4.69, 9.17) is 9.84 Å². The number of rotatable bonds is 6. The van der Waals surface area contributed by atoms with Crippen LogP contribution >= 0.6 is 0 Å². The topological polar surface area (TPSA) is 138 Å². The maximum absolute atomic E-state index is 12.5. The molecule has 0 aliphatic heterocycles. The molecule has 4 aliphatic carbocycles. The van der Waals surface area contributed by atoms with Gasteiger partial charge in [0.1, 0.15) is 12.7 Å². The number of ether oxygens (including phenoxy) is 1. The minimum atomic E-state index is -1.09. The Morgan fingerprint density at radius 2 is 1.85 bits per heavy atom. The van der Waals surface area contributed by atoms with Gasteiger partial charge in [-0.25, -0.2) is 0 Å². The molecule has 0 saturated heterocycles. The molecule has 3 fully saturated rings. The molecule has 8 nitrogen and oxygen atoms in total. The van der Waals surface area contributed by atoms with Crippen LogP contribution in [0.25, 0.3) is 0 Å². The number of aliphatic carboxylic acids is 1. The predicted molar refractivity (Wildman–Crippen MR) is 123 cm³/mol. The van der Waals surface area contributed by atoms with Crippen LogP contribution in [0.1, 0.15) is 65.2 Å². The fraction of sp³-hybridized carbons (Fsp3) is 0.760. The van der Waals surface area contributed by atoms with E-state index in [0.717, 1.165) is 18.4 Å². The Labute approximate surface area is 221 Å². The van der Waals surface area contributed by atoms with Crippen LogP contribution in [0.5, 0.6) is 0 Å². The summed E-state index contributed by atoms with van der Waals surface area (Å²) in [5, 5.41) is 29.8. The van der Waals surface area contributed by atoms with E-state index in [1.807, 2.05) is 6.92 Å². The number of carbonyl (C=O) groups excluding carboxylic acids is 3. The van der Waals surface area contributed by atoms with Crippen molar-refractivity contribution in [3.63, 3.8) is 0 Å². The maximum atomic E-state index is 12.5. The van der Waals surface area contributed by atoms with E-state index < -0.39 is 41.6 Å². The molecule has 0 aromatic carbocycles. The predicted octanol–water partition coefficient (Wildman–Crippen LogP) is 1.40. The summed E-state index contributed by atoms with van der Waals surface area (Å²) in [6.07, 6.45) is 2.96. The number of ketones is 2. The van der Waals surface area contributed by atoms with Crippen molar-refractivity contribution in [2.24, 2.45) is 34.5 Å². The Morgan fingerprint density at radius 3 is 2.50 bits per heavy atom. The SMILES string of the molecule is C[C@]12C[C@H](O)[C@H]3[C@@H](CCC4=CC(=O)CC(OC(=O)CCC(=O)O)[C@@]43C)[C@@H]1CC[C@@H]2C(=O)CO.[NaH]. The van der Waals surface area contributed by atoms with Crippen molar-refractivity contribution in [3.05, 3.63) is 11.6 Å². The van der Waals surface area contributed by atoms with E-state index >= 15 is 0 Å². The van der Waals surface area contributed by atoms with Gasteiger partial charge in [-0.3, -0.25) is 19.2 Å². The molecular weight excluding hydrogens is 451 g/mol. The zero-order chi connectivity index (χ0) is 24.1. The van der Waals surface area contributed by atoms with Gasteiger partial charge in [0, 0.05) is 23.7 Å². The number of aliphatic hydroxyl groups is 2. The Morgan fingerprint density at radius 1 is 1.15 bits per heavy atom. The molecular formula is C25H35NaO8. The molecule has 4 rings (SSSR count). The second kappa shape index (κ2) is 10.1. The summed E-state index contributed by atoms with van der Waals surface area (Å²) in [5.41, 5.74) is -0.231. The van der Waals surface area contributed by atoms with Crippen molar-refractivity contribution in [2.75, 3.05) is 6.61 Å². The van der Waals surface area contributed by atoms with Gasteiger partial charge in [-0.2, -0.15) is 0 Å². The van der Waals surface area contributed by atoms with E-state index in [0.29, 0.717) is 19.3 Å². The van der Waals surface area contributed by atoms with Crippen LogP contribution in [0.15, 0.2) is 11.6 Å². The van der Waals surface area contributed by atoms with Gasteiger partial charge in [-0.15, -0.1) is 0 Å². The summed E-state index contributed by atoms with van der Waals surface area (Å²) in [6, 6.07) is 0. The summed E-state index contributed by atoms with van der Waals surface area (Å²) in [7, 11) is 0. The number of carbonyl (C=O) groups is 4. The summed E-state index contributed by atoms with van der Waals surface area (Å²) in [4.78, 5) is 48.2. The fourth-order valence-electron chi connectivity index (χ4n) is 7.93. The average Bonchev–Trinajstić information content (AvgIpc) is 3.08. The molecule has 4 aliphatic rings. The molecule has 3 saturated carbocycles. The van der Waals surface area contributed by atoms with Crippen LogP contribution in [0.4, 0.5) is 0 Å². The quantitative estimate of drug-likeness (QED) is 0.378. The monoisotopic (exact) mass is 486 g/mol. The van der Waals surface area contributed by atoms with Gasteiger partial charge in [0.05, 0.1) is 18.9 Å². The standard InChI is InChI=1S/C25H34O8.Na.H/c1-24-11-18(28)23-15(16(24)5-6-17(24)19(29)12-26)4-3-13-9-14(27)10-20(25(13,23)2)33-22(32)8-7-21(30)31;;/h9,15-18,20,23,26,28H,3-8,10-12H2,1-2H3,(H,30,31);;/t15-,16-,17+,18-,20?,23+,24-,25+;;/m0../s1. The van der Waals surface area contributed by atoms with Crippen LogP contribution in [0.3, 0.4) is 0 Å². The van der Waals surface area contributed by atoms with Crippen LogP contribution < -0.4 is 0 Å². The number of esters is 1. The van der Waals surface area contributed by atoms with Gasteiger partial charge in [0.2, 0.25) is 0 Å². The Bertz CT molecular complexity index is 899. The Balaban J connectivity index is 0.00000324. The molecule has 34 heavy (non-hydrogen) atoms. The molecule has 0 amide bonds. The van der Waals surface area contributed by atoms with Crippen molar-refractivity contribution in [3.8, 4) is 0 Å². The van der Waals surface area contributed by atoms with Crippen LogP contribution in [0, 0.1) is 34.5 Å². The fourth-order valence-corrected chi connectivity index (χ4v) is 7.93. The summed E-state index contributed by atoms with van der Waals surface area (Å²) < 4.78 is 5.73. The van der Waals surface area contributed by atoms with Gasteiger partial charge in [0.25, 0.3) is 0 Å². The first-order valence-electron chi connectivity index (χ1n) is 12.0. The second-order valence-electron chi connectivity index (χ2n) is 10.9. The first-order valence-corrected chi connectivity index (χ1v) is 12.0. The van der Waals surface area contributed by atoms with E-state index in [9.17, 15) is 29.4 Å². The van der Waals surface area contributed by atoms with Crippen molar-refractivity contribution in [1.29, 1.82) is 0 Å². The number of carboxylic acids is 1. The van der Waals surface area contributed by atoms with Gasteiger partial charge in [-0.1, -0.05) is 19.4 Å². The zero-order valence-corrected chi connectivity index (χ0v) is 19.3. The third-order valence-electron chi connectivity index (χ3n) is 9.33. The molecule has 1 unspecified atom stereocenters. The van der Waals surface area contributed by atoms with Crippen molar-refractivity contribution in [1.82, 2.24) is 0 Å². The molecule has 9 heteroatoms. The number of carboxylic acid groups (broad SMARTS) is 1. The molecule has 3 N–H and O–H groups in total. The van der Waals surface area contributed by atoms with Crippen molar-refractivity contribution >= 4 is 53.1 Å². The molecule has 0 radical (unpaired) electrons. The molecule has 184 valence electrons. The van der Waals surface area contributed by atoms with Crippen LogP contribution in [-0.4, -0.2) is 87.2 Å². The van der Waals surface area contributed by atoms with E-state index in [1.165, 1.54) is 0 Å². The third-order valence-corrected chi connectivity index (χ3v) is 9.33. The Hall–Kier alpha value is -1.06.